The highest BCUT2D eigenvalue weighted by atomic mass is 19.2. The van der Waals surface area contributed by atoms with E-state index in [1.165, 1.54) is 38.6 Å². The number of nitrogen functional groups attached to an aromatic ring is 1. The first-order valence-corrected chi connectivity index (χ1v) is 6.84. The molecule has 3 aromatic rings. The van der Waals surface area contributed by atoms with Crippen LogP contribution in [0.1, 0.15) is 0 Å². The van der Waals surface area contributed by atoms with Crippen LogP contribution in [0.2, 0.25) is 0 Å². The summed E-state index contributed by atoms with van der Waals surface area (Å²) in [4.78, 5) is 8.41. The van der Waals surface area contributed by atoms with E-state index in [9.17, 15) is 8.78 Å². The Balaban J connectivity index is 2.12. The summed E-state index contributed by atoms with van der Waals surface area (Å²) < 4.78 is 43.3. The molecule has 0 unspecified atom stereocenters. The molecule has 124 valence electrons. The predicted molar refractivity (Wildman–Crippen MR) is 83.5 cm³/mol. The third-order valence-electron chi connectivity index (χ3n) is 3.32. The van der Waals surface area contributed by atoms with Crippen LogP contribution in [0.5, 0.6) is 23.1 Å². The molecule has 24 heavy (non-hydrogen) atoms. The second-order valence-corrected chi connectivity index (χ2v) is 4.76. The van der Waals surface area contributed by atoms with Crippen molar-refractivity contribution >= 4 is 16.7 Å². The van der Waals surface area contributed by atoms with Crippen LogP contribution in [0.4, 0.5) is 14.5 Å². The topological polar surface area (TPSA) is 79.5 Å². The lowest BCUT2D eigenvalue weighted by Gasteiger charge is -2.12. The summed E-state index contributed by atoms with van der Waals surface area (Å²) in [6, 6.07) is 5.54. The van der Waals surface area contributed by atoms with Crippen molar-refractivity contribution in [3.8, 4) is 23.1 Å². The lowest BCUT2D eigenvalue weighted by molar-refractivity contribution is 0.344. The van der Waals surface area contributed by atoms with Crippen molar-refractivity contribution < 1.29 is 23.0 Å². The Kier molecular flexibility index (Phi) is 4.03. The molecule has 0 aliphatic heterocycles. The molecule has 2 N–H and O–H groups in total. The molecule has 0 saturated heterocycles. The first-order chi connectivity index (χ1) is 11.5. The monoisotopic (exact) mass is 333 g/mol. The minimum absolute atomic E-state index is 0.184. The summed E-state index contributed by atoms with van der Waals surface area (Å²) >= 11 is 0. The number of nitrogens with zero attached hydrogens (tertiary/aromatic N) is 2. The summed E-state index contributed by atoms with van der Waals surface area (Å²) in [6.45, 7) is 0. The summed E-state index contributed by atoms with van der Waals surface area (Å²) in [5.74, 6) is -1.88. The molecule has 2 aromatic heterocycles. The van der Waals surface area contributed by atoms with E-state index in [4.69, 9.17) is 19.9 Å². The number of pyridine rings is 2. The fourth-order valence-electron chi connectivity index (χ4n) is 2.13. The fourth-order valence-corrected chi connectivity index (χ4v) is 2.13. The molecule has 8 heteroatoms. The molecule has 3 rings (SSSR count). The number of nitrogens with two attached hydrogens (primary N) is 1. The lowest BCUT2D eigenvalue weighted by atomic mass is 10.2. The van der Waals surface area contributed by atoms with Gasteiger partial charge in [-0.3, -0.25) is 4.98 Å². The van der Waals surface area contributed by atoms with Gasteiger partial charge in [0.05, 0.1) is 25.4 Å². The van der Waals surface area contributed by atoms with Gasteiger partial charge < -0.3 is 19.9 Å². The van der Waals surface area contributed by atoms with Crippen molar-refractivity contribution in [1.82, 2.24) is 9.97 Å². The van der Waals surface area contributed by atoms with Crippen molar-refractivity contribution in [1.29, 1.82) is 0 Å². The van der Waals surface area contributed by atoms with E-state index >= 15 is 0 Å². The maximum atomic E-state index is 14.0. The van der Waals surface area contributed by atoms with Gasteiger partial charge in [-0.05, 0) is 12.1 Å². The molecule has 0 saturated carbocycles. The standard InChI is InChI=1S/C16H13F2N3O3/c1-22-12-7-9-15(21-16(12)23-2)11(5-6-20-9)24-10-4-3-8(19)13(17)14(10)18/h3-7H,19H2,1-2H3. The van der Waals surface area contributed by atoms with Crippen molar-refractivity contribution in [2.45, 2.75) is 0 Å². The zero-order valence-electron chi connectivity index (χ0n) is 12.8. The Hall–Kier alpha value is -3.16. The lowest BCUT2D eigenvalue weighted by Crippen LogP contribution is -1.99. The Morgan fingerprint density at radius 3 is 2.46 bits per heavy atom. The average Bonchev–Trinajstić information content (AvgIpc) is 2.61. The van der Waals surface area contributed by atoms with E-state index in [1.807, 2.05) is 0 Å². The molecule has 0 amide bonds. The quantitative estimate of drug-likeness (QED) is 0.738. The zero-order valence-corrected chi connectivity index (χ0v) is 12.8. The average molecular weight is 333 g/mol. The van der Waals surface area contributed by atoms with Gasteiger partial charge in [0.2, 0.25) is 5.82 Å². The van der Waals surface area contributed by atoms with Gasteiger partial charge in [0.25, 0.3) is 5.88 Å². The number of benzene rings is 1. The van der Waals surface area contributed by atoms with E-state index in [0.717, 1.165) is 0 Å². The predicted octanol–water partition coefficient (Wildman–Crippen LogP) is 3.30. The first-order valence-electron chi connectivity index (χ1n) is 6.84. The normalized spacial score (nSPS) is 10.7. The molecular formula is C16H13F2N3O3. The van der Waals surface area contributed by atoms with Crippen molar-refractivity contribution in [2.24, 2.45) is 0 Å². The van der Waals surface area contributed by atoms with Crippen LogP contribution in [0, 0.1) is 11.6 Å². The van der Waals surface area contributed by atoms with Crippen LogP contribution >= 0.6 is 0 Å². The smallest absolute Gasteiger partial charge is 0.257 e. The van der Waals surface area contributed by atoms with Gasteiger partial charge >= 0.3 is 0 Å². The van der Waals surface area contributed by atoms with E-state index < -0.39 is 11.6 Å². The summed E-state index contributed by atoms with van der Waals surface area (Å²) in [6.07, 6.45) is 1.46. The molecule has 0 radical (unpaired) electrons. The maximum Gasteiger partial charge on any atom is 0.257 e. The van der Waals surface area contributed by atoms with Crippen molar-refractivity contribution in [2.75, 3.05) is 20.0 Å². The van der Waals surface area contributed by atoms with Crippen LogP contribution in [0.3, 0.4) is 0 Å². The minimum atomic E-state index is -1.18. The third-order valence-corrected chi connectivity index (χ3v) is 3.32. The number of anilines is 1. The van der Waals surface area contributed by atoms with E-state index in [-0.39, 0.29) is 23.1 Å². The number of fused-ring (bicyclic) bond motifs is 1. The summed E-state index contributed by atoms with van der Waals surface area (Å²) in [5, 5.41) is 0. The molecule has 1 aromatic carbocycles. The maximum absolute atomic E-state index is 14.0. The molecule has 0 atom stereocenters. The molecule has 0 bridgehead atoms. The van der Waals surface area contributed by atoms with Gasteiger partial charge in [-0.25, -0.2) is 9.37 Å². The number of hydrogen-bond donors (Lipinski definition) is 1. The number of rotatable bonds is 4. The highest BCUT2D eigenvalue weighted by Gasteiger charge is 2.17. The van der Waals surface area contributed by atoms with Crippen LogP contribution < -0.4 is 19.9 Å². The molecular weight excluding hydrogens is 320 g/mol. The second-order valence-electron chi connectivity index (χ2n) is 4.76. The summed E-state index contributed by atoms with van der Waals surface area (Å²) in [7, 11) is 2.90. The number of methoxy groups -OCH3 is 2. The van der Waals surface area contributed by atoms with E-state index in [1.54, 1.807) is 6.07 Å². The molecule has 2 heterocycles. The first kappa shape index (κ1) is 15.7. The number of aromatic nitrogens is 2. The Morgan fingerprint density at radius 2 is 1.75 bits per heavy atom. The van der Waals surface area contributed by atoms with E-state index in [0.29, 0.717) is 16.8 Å². The zero-order chi connectivity index (χ0) is 17.3. The van der Waals surface area contributed by atoms with Crippen molar-refractivity contribution in [3.05, 3.63) is 42.1 Å². The van der Waals surface area contributed by atoms with Crippen LogP contribution in [-0.4, -0.2) is 24.2 Å². The van der Waals surface area contributed by atoms with Crippen molar-refractivity contribution in [3.63, 3.8) is 0 Å². The van der Waals surface area contributed by atoms with Gasteiger partial charge in [-0.2, -0.15) is 4.39 Å². The van der Waals surface area contributed by atoms with Crippen LogP contribution in [0.25, 0.3) is 11.0 Å². The molecule has 0 aliphatic carbocycles. The van der Waals surface area contributed by atoms with Gasteiger partial charge in [0, 0.05) is 18.3 Å². The molecule has 0 fully saturated rings. The molecule has 0 spiro atoms. The number of halogens is 2. The van der Waals surface area contributed by atoms with Crippen LogP contribution in [0.15, 0.2) is 30.5 Å². The van der Waals surface area contributed by atoms with Gasteiger partial charge in [-0.15, -0.1) is 0 Å². The Bertz CT molecular complexity index is 919. The van der Waals surface area contributed by atoms with Gasteiger partial charge in [0.1, 0.15) is 5.52 Å². The Labute approximate surface area is 135 Å². The fraction of sp³-hybridized carbons (Fsp3) is 0.125. The van der Waals surface area contributed by atoms with Crippen LogP contribution in [-0.2, 0) is 0 Å². The minimum Gasteiger partial charge on any atom is -0.491 e. The van der Waals surface area contributed by atoms with Gasteiger partial charge in [0.15, 0.2) is 23.1 Å². The second kappa shape index (κ2) is 6.15. The molecule has 0 aliphatic rings. The highest BCUT2D eigenvalue weighted by Crippen LogP contribution is 2.35. The summed E-state index contributed by atoms with van der Waals surface area (Å²) in [5.41, 5.74) is 5.78. The number of hydrogen-bond acceptors (Lipinski definition) is 6. The van der Waals surface area contributed by atoms with Gasteiger partial charge in [-0.1, -0.05) is 0 Å². The molecule has 6 nitrogen and oxygen atoms in total. The Morgan fingerprint density at radius 1 is 0.958 bits per heavy atom. The SMILES string of the molecule is COc1cc2nccc(Oc3ccc(N)c(F)c3F)c2nc1OC. The van der Waals surface area contributed by atoms with E-state index in [2.05, 4.69) is 9.97 Å². The highest BCUT2D eigenvalue weighted by molar-refractivity contribution is 5.83. The largest absolute Gasteiger partial charge is 0.491 e. The third kappa shape index (κ3) is 2.62. The number of ether oxygens (including phenoxy) is 3.